The molecule has 0 aromatic carbocycles. The molecule has 0 bridgehead atoms. The first-order valence-corrected chi connectivity index (χ1v) is 11.2. The first-order valence-electron chi connectivity index (χ1n) is 9.66. The minimum absolute atomic E-state index is 0.0896. The molecule has 1 saturated heterocycles. The van der Waals surface area contributed by atoms with Gasteiger partial charge in [-0.15, -0.1) is 0 Å². The van der Waals surface area contributed by atoms with Crippen molar-refractivity contribution < 1.29 is 53.2 Å². The van der Waals surface area contributed by atoms with Crippen molar-refractivity contribution in [1.29, 1.82) is 0 Å². The van der Waals surface area contributed by atoms with Crippen LogP contribution in [0.4, 0.5) is 5.82 Å². The van der Waals surface area contributed by atoms with Gasteiger partial charge in [-0.2, -0.15) is 0 Å². The van der Waals surface area contributed by atoms with E-state index in [0.717, 1.165) is 0 Å². The third-order valence-corrected chi connectivity index (χ3v) is 5.72. The molecular formula is C16H24N5O11P. The van der Waals surface area contributed by atoms with Crippen molar-refractivity contribution in [1.82, 2.24) is 19.5 Å². The van der Waals surface area contributed by atoms with E-state index in [1.165, 1.54) is 24.1 Å². The second-order valence-electron chi connectivity index (χ2n) is 6.95. The number of esters is 1. The molecule has 0 aliphatic carbocycles. The molecule has 184 valence electrons. The Bertz CT molecular complexity index is 1020. The number of hydrogen-bond acceptors (Lipinski definition) is 14. The molecule has 0 spiro atoms. The third-order valence-electron chi connectivity index (χ3n) is 4.71. The summed E-state index contributed by atoms with van der Waals surface area (Å²) >= 11 is 0. The Hall–Kier alpha value is -2.27. The Morgan fingerprint density at radius 2 is 2.06 bits per heavy atom. The van der Waals surface area contributed by atoms with Gasteiger partial charge in [0.2, 0.25) is 6.29 Å². The SMILES string of the molecule is CCC(=O)OC(O)C(CO)OP(=O)(O)OC[C@H]1O[C@@H](n2cnc3c(N)ncnc32)[C@H](O)[C@@H]1O. The molecule has 1 aliphatic rings. The first-order chi connectivity index (χ1) is 15.6. The molecular weight excluding hydrogens is 469 g/mol. The minimum Gasteiger partial charge on any atom is -0.433 e. The van der Waals surface area contributed by atoms with E-state index in [0.29, 0.717) is 0 Å². The highest BCUT2D eigenvalue weighted by atomic mass is 31.2. The molecule has 0 radical (unpaired) electrons. The Morgan fingerprint density at radius 1 is 1.33 bits per heavy atom. The van der Waals surface area contributed by atoms with E-state index in [1.54, 1.807) is 0 Å². The average Bonchev–Trinajstić information content (AvgIpc) is 3.32. The number of aliphatic hydroxyl groups excluding tert-OH is 4. The van der Waals surface area contributed by atoms with Crippen LogP contribution in [0, 0.1) is 0 Å². The second kappa shape index (κ2) is 10.3. The van der Waals surface area contributed by atoms with Gasteiger partial charge in [-0.25, -0.2) is 19.5 Å². The molecule has 33 heavy (non-hydrogen) atoms. The molecule has 3 unspecified atom stereocenters. The summed E-state index contributed by atoms with van der Waals surface area (Å²) in [5.74, 6) is -0.741. The predicted octanol–water partition coefficient (Wildman–Crippen LogP) is -2.21. The molecule has 3 heterocycles. The Labute approximate surface area is 186 Å². The largest absolute Gasteiger partial charge is 0.472 e. The van der Waals surface area contributed by atoms with Gasteiger partial charge in [-0.1, -0.05) is 6.92 Å². The quantitative estimate of drug-likeness (QED) is 0.117. The van der Waals surface area contributed by atoms with Gasteiger partial charge in [-0.3, -0.25) is 18.4 Å². The zero-order valence-corrected chi connectivity index (χ0v) is 18.1. The van der Waals surface area contributed by atoms with Gasteiger partial charge in [-0.05, 0) is 0 Å². The fourth-order valence-corrected chi connectivity index (χ4v) is 3.90. The van der Waals surface area contributed by atoms with Crippen molar-refractivity contribution in [3.63, 3.8) is 0 Å². The summed E-state index contributed by atoms with van der Waals surface area (Å²) < 4.78 is 33.0. The number of phosphoric ester groups is 1. The fraction of sp³-hybridized carbons (Fsp3) is 0.625. The molecule has 2 aromatic heterocycles. The van der Waals surface area contributed by atoms with Crippen LogP contribution in [0.2, 0.25) is 0 Å². The number of fused-ring (bicyclic) bond motifs is 1. The number of imidazole rings is 1. The van der Waals surface area contributed by atoms with E-state index in [1.807, 2.05) is 0 Å². The lowest BCUT2D eigenvalue weighted by Crippen LogP contribution is -2.36. The van der Waals surface area contributed by atoms with Crippen LogP contribution in [0.3, 0.4) is 0 Å². The van der Waals surface area contributed by atoms with Crippen molar-refractivity contribution >= 4 is 30.8 Å². The number of carbonyl (C=O) groups excluding carboxylic acids is 1. The van der Waals surface area contributed by atoms with E-state index in [9.17, 15) is 34.7 Å². The summed E-state index contributed by atoms with van der Waals surface area (Å²) in [5.41, 5.74) is 6.19. The van der Waals surface area contributed by atoms with Crippen LogP contribution in [-0.2, 0) is 27.9 Å². The van der Waals surface area contributed by atoms with Gasteiger partial charge >= 0.3 is 13.8 Å². The highest BCUT2D eigenvalue weighted by Gasteiger charge is 2.45. The lowest BCUT2D eigenvalue weighted by Gasteiger charge is -2.24. The van der Waals surface area contributed by atoms with Crippen molar-refractivity contribution in [3.8, 4) is 0 Å². The highest BCUT2D eigenvalue weighted by Crippen LogP contribution is 2.46. The number of nitrogen functional groups attached to an aromatic ring is 1. The molecule has 1 aliphatic heterocycles. The van der Waals surface area contributed by atoms with Gasteiger partial charge in [0.15, 0.2) is 23.8 Å². The topological polar surface area (TPSA) is 242 Å². The number of nitrogens with zero attached hydrogens (tertiary/aromatic N) is 4. The summed E-state index contributed by atoms with van der Waals surface area (Å²) in [6.07, 6.45) is -6.98. The molecule has 16 nitrogen and oxygen atoms in total. The summed E-state index contributed by atoms with van der Waals surface area (Å²) in [7, 11) is -4.94. The monoisotopic (exact) mass is 493 g/mol. The standard InChI is InChI=1S/C16H24N5O11P/c1-2-9(23)31-16(26)7(3-22)32-33(27,28)29-4-8-11(24)12(25)15(30-8)21-6-20-10-13(17)18-5-19-14(10)21/h5-8,11-12,15-16,22,24-26H,2-4H2,1H3,(H,27,28)(H2,17,18,19)/t7?,8-,11-,12-,15-,16?/m1/s1. The third kappa shape index (κ3) is 5.63. The molecule has 0 saturated carbocycles. The molecule has 1 fully saturated rings. The lowest BCUT2D eigenvalue weighted by atomic mass is 10.1. The van der Waals surface area contributed by atoms with E-state index in [2.05, 4.69) is 24.2 Å². The van der Waals surface area contributed by atoms with Crippen LogP contribution in [0.15, 0.2) is 12.7 Å². The van der Waals surface area contributed by atoms with Gasteiger partial charge in [0, 0.05) is 6.42 Å². The maximum Gasteiger partial charge on any atom is 0.472 e. The Morgan fingerprint density at radius 3 is 2.73 bits per heavy atom. The summed E-state index contributed by atoms with van der Waals surface area (Å²) in [6, 6.07) is 0. The zero-order valence-electron chi connectivity index (χ0n) is 17.2. The number of phosphoric acid groups is 1. The number of nitrogens with two attached hydrogens (primary N) is 1. The van der Waals surface area contributed by atoms with E-state index in [-0.39, 0.29) is 23.4 Å². The number of carbonyl (C=O) groups is 1. The molecule has 2 aromatic rings. The van der Waals surface area contributed by atoms with Crippen LogP contribution < -0.4 is 5.73 Å². The van der Waals surface area contributed by atoms with Gasteiger partial charge in [0.1, 0.15) is 30.2 Å². The Balaban J connectivity index is 1.64. The number of rotatable bonds is 10. The summed E-state index contributed by atoms with van der Waals surface area (Å²) in [5, 5.41) is 39.7. The normalized spacial score (nSPS) is 26.7. The summed E-state index contributed by atoms with van der Waals surface area (Å²) in [4.78, 5) is 33.0. The van der Waals surface area contributed by atoms with E-state index in [4.69, 9.17) is 15.0 Å². The molecule has 0 amide bonds. The minimum atomic E-state index is -4.94. The van der Waals surface area contributed by atoms with Crippen LogP contribution in [0.25, 0.3) is 11.2 Å². The number of aromatic nitrogens is 4. The van der Waals surface area contributed by atoms with Crippen LogP contribution >= 0.6 is 7.82 Å². The van der Waals surface area contributed by atoms with Crippen molar-refractivity contribution in [3.05, 3.63) is 12.7 Å². The van der Waals surface area contributed by atoms with Crippen molar-refractivity contribution in [2.45, 2.75) is 50.3 Å². The Kier molecular flexibility index (Phi) is 7.94. The zero-order chi connectivity index (χ0) is 24.3. The van der Waals surface area contributed by atoms with E-state index < -0.39 is 63.9 Å². The predicted molar refractivity (Wildman–Crippen MR) is 106 cm³/mol. The second-order valence-corrected chi connectivity index (χ2v) is 8.36. The van der Waals surface area contributed by atoms with Crippen LogP contribution in [0.1, 0.15) is 19.6 Å². The number of anilines is 1. The highest BCUT2D eigenvalue weighted by molar-refractivity contribution is 7.47. The van der Waals surface area contributed by atoms with Gasteiger partial charge in [0.05, 0.1) is 19.5 Å². The van der Waals surface area contributed by atoms with E-state index >= 15 is 0 Å². The van der Waals surface area contributed by atoms with Crippen molar-refractivity contribution in [2.75, 3.05) is 18.9 Å². The fourth-order valence-electron chi connectivity index (χ4n) is 2.99. The van der Waals surface area contributed by atoms with Crippen molar-refractivity contribution in [2.24, 2.45) is 0 Å². The molecule has 17 heteroatoms. The first kappa shape index (κ1) is 25.4. The molecule has 7 N–H and O–H groups in total. The van der Waals surface area contributed by atoms with Crippen LogP contribution in [-0.4, -0.2) is 94.7 Å². The van der Waals surface area contributed by atoms with Gasteiger partial charge < -0.3 is 40.5 Å². The van der Waals surface area contributed by atoms with Gasteiger partial charge in [0.25, 0.3) is 0 Å². The number of hydrogen-bond donors (Lipinski definition) is 6. The molecule has 7 atom stereocenters. The number of ether oxygens (including phenoxy) is 2. The maximum absolute atomic E-state index is 12.2. The van der Waals surface area contributed by atoms with Crippen LogP contribution in [0.5, 0.6) is 0 Å². The lowest BCUT2D eigenvalue weighted by molar-refractivity contribution is -0.188. The number of aliphatic hydroxyl groups is 4. The maximum atomic E-state index is 12.2. The molecule has 3 rings (SSSR count). The summed E-state index contributed by atoms with van der Waals surface area (Å²) in [6.45, 7) is -0.254. The average molecular weight is 493 g/mol. The smallest absolute Gasteiger partial charge is 0.433 e.